The summed E-state index contributed by atoms with van der Waals surface area (Å²) in [5.74, 6) is -4.88. The van der Waals surface area contributed by atoms with Gasteiger partial charge in [-0.15, -0.1) is 8.78 Å². The highest BCUT2D eigenvalue weighted by molar-refractivity contribution is 6.38. The molecule has 4 amide bonds. The molecule has 13 heteroatoms. The van der Waals surface area contributed by atoms with Gasteiger partial charge in [0.2, 0.25) is 17.6 Å². The van der Waals surface area contributed by atoms with E-state index in [2.05, 4.69) is 30.7 Å². The highest BCUT2D eigenvalue weighted by Crippen LogP contribution is 2.41. The fraction of sp³-hybridized carbons (Fsp3) is 0.320. The second-order valence-electron chi connectivity index (χ2n) is 8.68. The van der Waals surface area contributed by atoms with E-state index in [1.165, 1.54) is 6.07 Å². The molecule has 1 fully saturated rings. The van der Waals surface area contributed by atoms with Gasteiger partial charge in [-0.3, -0.25) is 24.0 Å². The summed E-state index contributed by atoms with van der Waals surface area (Å²) in [5, 5.41) is 9.86. The van der Waals surface area contributed by atoms with Crippen LogP contribution in [0.25, 0.3) is 0 Å². The molecule has 4 rings (SSSR count). The summed E-state index contributed by atoms with van der Waals surface area (Å²) in [5.41, 5.74) is 0.688. The number of alkyl halides is 2. The maximum atomic E-state index is 13.2. The molecule has 38 heavy (non-hydrogen) atoms. The fourth-order valence-corrected chi connectivity index (χ4v) is 4.01. The monoisotopic (exact) mass is 530 g/mol. The zero-order chi connectivity index (χ0) is 27.3. The van der Waals surface area contributed by atoms with Crippen LogP contribution in [0, 0.1) is 5.92 Å². The van der Waals surface area contributed by atoms with Crippen molar-refractivity contribution in [3.63, 3.8) is 0 Å². The molecule has 2 unspecified atom stereocenters. The molecule has 2 aromatic rings. The van der Waals surface area contributed by atoms with Gasteiger partial charge in [-0.05, 0) is 36.6 Å². The normalized spacial score (nSPS) is 17.7. The molecule has 0 spiro atoms. The standard InChI is InChI=1S/C25H24F2N4O7/c26-25(27)37-18-7-6-15(11-19(18)38-25)23(35)30-13-20(32)31-17(10-16-8-9-28-22(16)34)21(33)24(36)29-12-14-4-2-1-3-5-14/h1-7,11,16-17H,8-10,12-13H2,(H,28,34)(H,29,36)(H,30,35)(H,31,32). The molecule has 0 saturated carbocycles. The van der Waals surface area contributed by atoms with Crippen molar-refractivity contribution in [2.75, 3.05) is 13.1 Å². The third kappa shape index (κ3) is 6.60. The zero-order valence-electron chi connectivity index (χ0n) is 19.9. The van der Waals surface area contributed by atoms with Crippen LogP contribution in [-0.4, -0.2) is 54.8 Å². The number of benzene rings is 2. The number of rotatable bonds is 10. The van der Waals surface area contributed by atoms with Gasteiger partial charge >= 0.3 is 6.29 Å². The van der Waals surface area contributed by atoms with E-state index in [1.54, 1.807) is 30.3 Å². The number of ether oxygens (including phenoxy) is 2. The quantitative estimate of drug-likeness (QED) is 0.329. The number of nitrogens with one attached hydrogen (secondary N) is 4. The maximum absolute atomic E-state index is 13.2. The van der Waals surface area contributed by atoms with Crippen molar-refractivity contribution in [3.05, 3.63) is 59.7 Å². The van der Waals surface area contributed by atoms with Crippen molar-refractivity contribution in [2.45, 2.75) is 31.7 Å². The number of carbonyl (C=O) groups excluding carboxylic acids is 5. The largest absolute Gasteiger partial charge is 0.586 e. The van der Waals surface area contributed by atoms with Crippen molar-refractivity contribution in [1.29, 1.82) is 0 Å². The Balaban J connectivity index is 1.35. The van der Waals surface area contributed by atoms with Crippen LogP contribution in [0.15, 0.2) is 48.5 Å². The Hall–Kier alpha value is -4.55. The lowest BCUT2D eigenvalue weighted by molar-refractivity contribution is -0.286. The van der Waals surface area contributed by atoms with Gasteiger partial charge in [-0.1, -0.05) is 30.3 Å². The van der Waals surface area contributed by atoms with Crippen LogP contribution in [0.4, 0.5) is 8.78 Å². The summed E-state index contributed by atoms with van der Waals surface area (Å²) in [7, 11) is 0. The van der Waals surface area contributed by atoms with E-state index in [0.717, 1.165) is 17.7 Å². The SMILES string of the molecule is O=C(CNC(=O)c1ccc2c(c1)OC(F)(F)O2)NC(CC1CCNC1=O)C(=O)C(=O)NCc1ccccc1. The Morgan fingerprint density at radius 1 is 1.03 bits per heavy atom. The topological polar surface area (TPSA) is 152 Å². The van der Waals surface area contributed by atoms with Crippen LogP contribution in [0.1, 0.15) is 28.8 Å². The molecule has 4 N–H and O–H groups in total. The van der Waals surface area contributed by atoms with Crippen molar-refractivity contribution in [1.82, 2.24) is 21.3 Å². The Morgan fingerprint density at radius 2 is 1.76 bits per heavy atom. The molecule has 200 valence electrons. The number of amides is 4. The fourth-order valence-electron chi connectivity index (χ4n) is 4.01. The van der Waals surface area contributed by atoms with E-state index >= 15 is 0 Å². The third-order valence-corrected chi connectivity index (χ3v) is 5.93. The minimum Gasteiger partial charge on any atom is -0.395 e. The highest BCUT2D eigenvalue weighted by atomic mass is 19.3. The highest BCUT2D eigenvalue weighted by Gasteiger charge is 2.43. The summed E-state index contributed by atoms with van der Waals surface area (Å²) in [4.78, 5) is 62.4. The molecule has 0 aliphatic carbocycles. The summed E-state index contributed by atoms with van der Waals surface area (Å²) in [6.07, 6.45) is -3.51. The molecule has 2 heterocycles. The molecule has 0 bridgehead atoms. The van der Waals surface area contributed by atoms with E-state index < -0.39 is 48.3 Å². The van der Waals surface area contributed by atoms with E-state index in [4.69, 9.17) is 0 Å². The summed E-state index contributed by atoms with van der Waals surface area (Å²) in [6, 6.07) is 10.9. The lowest BCUT2D eigenvalue weighted by Gasteiger charge is -2.20. The van der Waals surface area contributed by atoms with Gasteiger partial charge in [0.15, 0.2) is 11.5 Å². The molecular weight excluding hydrogens is 506 g/mol. The van der Waals surface area contributed by atoms with Gasteiger partial charge in [-0.2, -0.15) is 0 Å². The predicted molar refractivity (Wildman–Crippen MR) is 126 cm³/mol. The second-order valence-corrected chi connectivity index (χ2v) is 8.68. The first kappa shape index (κ1) is 26.5. The molecule has 2 aliphatic heterocycles. The van der Waals surface area contributed by atoms with Crippen LogP contribution in [0.2, 0.25) is 0 Å². The third-order valence-electron chi connectivity index (χ3n) is 5.93. The van der Waals surface area contributed by atoms with Gasteiger partial charge < -0.3 is 30.7 Å². The summed E-state index contributed by atoms with van der Waals surface area (Å²) < 4.78 is 35.0. The van der Waals surface area contributed by atoms with Crippen molar-refractivity contribution in [2.24, 2.45) is 5.92 Å². The van der Waals surface area contributed by atoms with Crippen molar-refractivity contribution < 1.29 is 42.2 Å². The zero-order valence-corrected chi connectivity index (χ0v) is 19.9. The minimum atomic E-state index is -3.84. The second kappa shape index (κ2) is 11.2. The number of carbonyl (C=O) groups is 5. The molecule has 1 saturated heterocycles. The Morgan fingerprint density at radius 3 is 2.47 bits per heavy atom. The van der Waals surface area contributed by atoms with Gasteiger partial charge in [0.25, 0.3) is 11.8 Å². The van der Waals surface area contributed by atoms with Crippen LogP contribution in [0.5, 0.6) is 11.5 Å². The van der Waals surface area contributed by atoms with Crippen molar-refractivity contribution >= 4 is 29.4 Å². The lowest BCUT2D eigenvalue weighted by Crippen LogP contribution is -2.50. The number of halogens is 2. The summed E-state index contributed by atoms with van der Waals surface area (Å²) in [6.45, 7) is -0.0840. The summed E-state index contributed by atoms with van der Waals surface area (Å²) >= 11 is 0. The number of fused-ring (bicyclic) bond motifs is 1. The average molecular weight is 530 g/mol. The molecule has 0 aromatic heterocycles. The average Bonchev–Trinajstić information content (AvgIpc) is 3.44. The van der Waals surface area contributed by atoms with Gasteiger partial charge in [0.05, 0.1) is 12.6 Å². The first-order chi connectivity index (χ1) is 18.1. The predicted octanol–water partition coefficient (Wildman–Crippen LogP) is 0.634. The molecule has 11 nitrogen and oxygen atoms in total. The number of hydrogen-bond donors (Lipinski definition) is 4. The Labute approximate surface area is 215 Å². The molecule has 2 atom stereocenters. The maximum Gasteiger partial charge on any atom is 0.586 e. The van der Waals surface area contributed by atoms with Crippen LogP contribution >= 0.6 is 0 Å². The van der Waals surface area contributed by atoms with Gasteiger partial charge in [0, 0.05) is 24.6 Å². The lowest BCUT2D eigenvalue weighted by atomic mass is 9.95. The first-order valence-corrected chi connectivity index (χ1v) is 11.7. The van der Waals surface area contributed by atoms with E-state index in [1.807, 2.05) is 0 Å². The Bertz CT molecular complexity index is 1260. The molecule has 2 aliphatic rings. The van der Waals surface area contributed by atoms with Crippen molar-refractivity contribution in [3.8, 4) is 11.5 Å². The van der Waals surface area contributed by atoms with E-state index in [0.29, 0.717) is 13.0 Å². The van der Waals surface area contributed by atoms with E-state index in [9.17, 15) is 32.8 Å². The minimum absolute atomic E-state index is 0.0756. The van der Waals surface area contributed by atoms with Gasteiger partial charge in [-0.25, -0.2) is 0 Å². The molecular formula is C25H24F2N4O7. The Kier molecular flexibility index (Phi) is 7.84. The number of Topliss-reactive ketones (excluding diaryl/α,β-unsaturated/α-hetero) is 1. The molecule has 0 radical (unpaired) electrons. The smallest absolute Gasteiger partial charge is 0.395 e. The van der Waals surface area contributed by atoms with Crippen LogP contribution in [-0.2, 0) is 25.7 Å². The number of hydrogen-bond acceptors (Lipinski definition) is 7. The van der Waals surface area contributed by atoms with Crippen LogP contribution < -0.4 is 30.7 Å². The first-order valence-electron chi connectivity index (χ1n) is 11.7. The number of ketones is 1. The van der Waals surface area contributed by atoms with Gasteiger partial charge in [0.1, 0.15) is 0 Å². The van der Waals surface area contributed by atoms with E-state index in [-0.39, 0.29) is 35.9 Å². The molecule has 2 aromatic carbocycles. The van der Waals surface area contributed by atoms with Crippen LogP contribution in [0.3, 0.4) is 0 Å².